The highest BCUT2D eigenvalue weighted by atomic mass is 16.6. The third-order valence-electron chi connectivity index (χ3n) is 5.45. The Balaban J connectivity index is 2.34. The Morgan fingerprint density at radius 1 is 0.526 bits per heavy atom. The first-order chi connectivity index (χ1) is 18.3. The molecular weight excluding hydrogens is 504 g/mol. The van der Waals surface area contributed by atoms with Crippen LogP contribution in [0.15, 0.2) is 24.3 Å². The molecule has 38 heavy (non-hydrogen) atoms. The van der Waals surface area contributed by atoms with Gasteiger partial charge in [-0.2, -0.15) is 0 Å². The number of carbonyl (C=O) groups is 2. The Bertz CT molecular complexity index is 948. The molecule has 0 spiro atoms. The van der Waals surface area contributed by atoms with Gasteiger partial charge < -0.3 is 47.4 Å². The Kier molecular flexibility index (Phi) is 11.8. The number of hydrogen-bond acceptors (Lipinski definition) is 12. The summed E-state index contributed by atoms with van der Waals surface area (Å²) in [5.41, 5.74) is 1.14. The van der Waals surface area contributed by atoms with Gasteiger partial charge in [0.15, 0.2) is 35.2 Å². The maximum Gasteiger partial charge on any atom is 0.338 e. The van der Waals surface area contributed by atoms with E-state index in [1.807, 2.05) is 0 Å². The summed E-state index contributed by atoms with van der Waals surface area (Å²) in [7, 11) is 11.2. The Labute approximate surface area is 221 Å². The molecule has 12 nitrogen and oxygen atoms in total. The van der Waals surface area contributed by atoms with E-state index in [1.165, 1.54) is 56.9 Å². The smallest absolute Gasteiger partial charge is 0.338 e. The highest BCUT2D eigenvalue weighted by molar-refractivity contribution is 5.85. The molecule has 0 N–H and O–H groups in total. The van der Waals surface area contributed by atoms with Crippen molar-refractivity contribution in [1.82, 2.24) is 0 Å². The Morgan fingerprint density at radius 2 is 0.816 bits per heavy atom. The lowest BCUT2D eigenvalue weighted by Gasteiger charge is -2.24. The van der Waals surface area contributed by atoms with Gasteiger partial charge in [0.2, 0.25) is 11.5 Å². The van der Waals surface area contributed by atoms with Crippen molar-refractivity contribution in [2.75, 3.05) is 56.9 Å². The quantitative estimate of drug-likeness (QED) is 0.309. The van der Waals surface area contributed by atoms with E-state index in [1.54, 1.807) is 24.3 Å². The normalized spacial score (nSPS) is 12.1. The number of rotatable bonds is 15. The summed E-state index contributed by atoms with van der Waals surface area (Å²) >= 11 is 0. The lowest BCUT2D eigenvalue weighted by molar-refractivity contribution is -0.182. The van der Waals surface area contributed by atoms with E-state index >= 15 is 0 Å². The molecule has 0 amide bonds. The monoisotopic (exact) mass is 538 g/mol. The molecule has 0 bridgehead atoms. The lowest BCUT2D eigenvalue weighted by Crippen LogP contribution is -2.44. The van der Waals surface area contributed by atoms with E-state index in [9.17, 15) is 9.59 Å². The second-order valence-corrected chi connectivity index (χ2v) is 7.58. The number of esters is 2. The van der Waals surface area contributed by atoms with Crippen LogP contribution in [0, 0.1) is 0 Å². The van der Waals surface area contributed by atoms with Crippen LogP contribution >= 0.6 is 0 Å². The minimum atomic E-state index is -1.46. The lowest BCUT2D eigenvalue weighted by atomic mass is 10.1. The fourth-order valence-corrected chi connectivity index (χ4v) is 3.60. The molecule has 0 saturated carbocycles. The fraction of sp³-hybridized carbons (Fsp3) is 0.462. The SMILES string of the molecule is COC(=O)[C@@H](OCc1cc(OC)c(OC)c(OC)c1)[C@H](OCc1cc(OC)c(OC)c(OC)c1)C(=O)OC. The van der Waals surface area contributed by atoms with Crippen molar-refractivity contribution >= 4 is 11.9 Å². The zero-order valence-corrected chi connectivity index (χ0v) is 22.8. The second kappa shape index (κ2) is 14.7. The molecule has 0 saturated heterocycles. The number of ether oxygens (including phenoxy) is 10. The molecule has 0 aliphatic heterocycles. The van der Waals surface area contributed by atoms with E-state index in [4.69, 9.17) is 47.4 Å². The van der Waals surface area contributed by atoms with E-state index < -0.39 is 24.1 Å². The summed E-state index contributed by atoms with van der Waals surface area (Å²) in [6.07, 6.45) is -2.93. The summed E-state index contributed by atoms with van der Waals surface area (Å²) in [6, 6.07) is 6.61. The average Bonchev–Trinajstić information content (AvgIpc) is 2.96. The molecule has 2 aromatic carbocycles. The first kappa shape index (κ1) is 30.3. The fourth-order valence-electron chi connectivity index (χ4n) is 3.60. The van der Waals surface area contributed by atoms with Crippen LogP contribution < -0.4 is 28.4 Å². The van der Waals surface area contributed by atoms with Crippen LogP contribution in [0.1, 0.15) is 11.1 Å². The molecule has 210 valence electrons. The van der Waals surface area contributed by atoms with E-state index in [0.29, 0.717) is 45.6 Å². The molecule has 0 radical (unpaired) electrons. The third kappa shape index (κ3) is 7.11. The summed E-state index contributed by atoms with van der Waals surface area (Å²) in [5, 5.41) is 0. The van der Waals surface area contributed by atoms with Crippen LogP contribution in [0.2, 0.25) is 0 Å². The van der Waals surface area contributed by atoms with Crippen LogP contribution in [0.3, 0.4) is 0 Å². The van der Waals surface area contributed by atoms with Crippen LogP contribution in [-0.4, -0.2) is 81.0 Å². The minimum absolute atomic E-state index is 0.127. The number of methoxy groups -OCH3 is 8. The van der Waals surface area contributed by atoms with Gasteiger partial charge in [-0.15, -0.1) is 0 Å². The molecule has 2 aromatic rings. The van der Waals surface area contributed by atoms with Crippen molar-refractivity contribution in [3.8, 4) is 34.5 Å². The van der Waals surface area contributed by atoms with Gasteiger partial charge in [0.05, 0.1) is 70.1 Å². The van der Waals surface area contributed by atoms with Crippen LogP contribution in [0.25, 0.3) is 0 Å². The van der Waals surface area contributed by atoms with E-state index in [-0.39, 0.29) is 13.2 Å². The maximum absolute atomic E-state index is 12.7. The first-order valence-corrected chi connectivity index (χ1v) is 11.3. The number of benzene rings is 2. The van der Waals surface area contributed by atoms with Crippen LogP contribution in [0.4, 0.5) is 0 Å². The van der Waals surface area contributed by atoms with E-state index in [2.05, 4.69) is 0 Å². The zero-order valence-electron chi connectivity index (χ0n) is 22.8. The van der Waals surface area contributed by atoms with Crippen molar-refractivity contribution < 1.29 is 57.0 Å². The third-order valence-corrected chi connectivity index (χ3v) is 5.45. The van der Waals surface area contributed by atoms with Gasteiger partial charge >= 0.3 is 11.9 Å². The molecule has 12 heteroatoms. The molecule has 0 aliphatic rings. The standard InChI is InChI=1S/C26H34O12/c1-29-17-9-15(10-18(30-2)21(17)33-5)13-37-23(25(27)35-7)24(26(28)36-8)38-14-16-11-19(31-3)22(34-6)20(12-16)32-4/h9-12,23-24H,13-14H2,1-8H3/t23-,24-/m0/s1. The summed E-state index contributed by atoms with van der Waals surface area (Å²) in [4.78, 5) is 25.4. The van der Waals surface area contributed by atoms with Gasteiger partial charge in [-0.25, -0.2) is 9.59 Å². The van der Waals surface area contributed by atoms with Crippen LogP contribution in [0.5, 0.6) is 34.5 Å². The summed E-state index contributed by atoms with van der Waals surface area (Å²) in [5.74, 6) is 0.683. The van der Waals surface area contributed by atoms with Crippen LogP contribution in [-0.2, 0) is 41.8 Å². The van der Waals surface area contributed by atoms with Gasteiger partial charge in [0.1, 0.15) is 0 Å². The Morgan fingerprint density at radius 3 is 1.03 bits per heavy atom. The molecule has 0 unspecified atom stereocenters. The van der Waals surface area contributed by atoms with Crippen molar-refractivity contribution in [3.63, 3.8) is 0 Å². The predicted octanol–water partition coefficient (Wildman–Crippen LogP) is 2.55. The van der Waals surface area contributed by atoms with Crippen molar-refractivity contribution in [1.29, 1.82) is 0 Å². The predicted molar refractivity (Wildman–Crippen MR) is 133 cm³/mol. The van der Waals surface area contributed by atoms with Gasteiger partial charge in [-0.1, -0.05) is 0 Å². The maximum atomic E-state index is 12.7. The molecule has 0 aromatic heterocycles. The molecule has 0 fully saturated rings. The number of hydrogen-bond donors (Lipinski definition) is 0. The number of carbonyl (C=O) groups excluding carboxylic acids is 2. The highest BCUT2D eigenvalue weighted by Crippen LogP contribution is 2.39. The molecule has 0 heterocycles. The van der Waals surface area contributed by atoms with E-state index in [0.717, 1.165) is 0 Å². The van der Waals surface area contributed by atoms with Crippen molar-refractivity contribution in [2.24, 2.45) is 0 Å². The minimum Gasteiger partial charge on any atom is -0.493 e. The van der Waals surface area contributed by atoms with Crippen molar-refractivity contribution in [2.45, 2.75) is 25.4 Å². The first-order valence-electron chi connectivity index (χ1n) is 11.3. The summed E-state index contributed by atoms with van der Waals surface area (Å²) < 4.78 is 53.5. The molecule has 2 atom stereocenters. The summed E-state index contributed by atoms with van der Waals surface area (Å²) in [6.45, 7) is -0.255. The highest BCUT2D eigenvalue weighted by Gasteiger charge is 2.38. The van der Waals surface area contributed by atoms with Gasteiger partial charge in [-0.3, -0.25) is 0 Å². The van der Waals surface area contributed by atoms with Crippen molar-refractivity contribution in [3.05, 3.63) is 35.4 Å². The average molecular weight is 539 g/mol. The Hall–Kier alpha value is -3.90. The van der Waals surface area contributed by atoms with Gasteiger partial charge in [0, 0.05) is 0 Å². The molecular formula is C26H34O12. The van der Waals surface area contributed by atoms with Gasteiger partial charge in [-0.05, 0) is 35.4 Å². The molecule has 0 aliphatic carbocycles. The zero-order chi connectivity index (χ0) is 28.2. The largest absolute Gasteiger partial charge is 0.493 e. The van der Waals surface area contributed by atoms with Gasteiger partial charge in [0.25, 0.3) is 0 Å². The topological polar surface area (TPSA) is 126 Å². The second-order valence-electron chi connectivity index (χ2n) is 7.58. The molecule has 2 rings (SSSR count).